The first kappa shape index (κ1) is 23.3. The van der Waals surface area contributed by atoms with Gasteiger partial charge in [0.2, 0.25) is 0 Å². The number of hydrogen-bond acceptors (Lipinski definition) is 4. The Morgan fingerprint density at radius 1 is 0.941 bits per heavy atom. The molecular formula is C29H30N2O3. The van der Waals surface area contributed by atoms with Crippen LogP contribution in [0.1, 0.15) is 37.5 Å². The summed E-state index contributed by atoms with van der Waals surface area (Å²) in [7, 11) is 1.65. The van der Waals surface area contributed by atoms with E-state index in [0.717, 1.165) is 39.1 Å². The molecule has 0 radical (unpaired) electrons. The van der Waals surface area contributed by atoms with Gasteiger partial charge in [-0.2, -0.15) is 0 Å². The van der Waals surface area contributed by atoms with Crippen LogP contribution in [-0.2, 0) is 16.0 Å². The molecule has 4 rings (SSSR count). The molecule has 0 aliphatic rings. The minimum absolute atomic E-state index is 0.347. The SMILES string of the molecule is COc1ccc2c(C[C@H](N=C(c3ccccc3)c3ccccc3)C(=O)OC(C)(C)C)c[nH]c2c1. The number of nitrogens with one attached hydrogen (secondary N) is 1. The van der Waals surface area contributed by atoms with Gasteiger partial charge in [-0.3, -0.25) is 4.99 Å². The largest absolute Gasteiger partial charge is 0.497 e. The average Bonchev–Trinajstić information content (AvgIpc) is 3.23. The van der Waals surface area contributed by atoms with E-state index in [2.05, 4.69) is 4.98 Å². The number of carbonyl (C=O) groups excluding carboxylic acids is 1. The van der Waals surface area contributed by atoms with Crippen molar-refractivity contribution in [1.29, 1.82) is 0 Å². The molecule has 1 aromatic heterocycles. The van der Waals surface area contributed by atoms with Gasteiger partial charge in [-0.05, 0) is 38.5 Å². The van der Waals surface area contributed by atoms with E-state index in [4.69, 9.17) is 14.5 Å². The summed E-state index contributed by atoms with van der Waals surface area (Å²) in [6.45, 7) is 5.62. The lowest BCUT2D eigenvalue weighted by molar-refractivity contribution is -0.156. The zero-order chi connectivity index (χ0) is 24.1. The maximum Gasteiger partial charge on any atom is 0.331 e. The molecule has 5 nitrogen and oxygen atoms in total. The Morgan fingerprint density at radius 2 is 1.56 bits per heavy atom. The third kappa shape index (κ3) is 5.54. The van der Waals surface area contributed by atoms with Crippen molar-refractivity contribution in [1.82, 2.24) is 4.98 Å². The first-order chi connectivity index (χ1) is 16.3. The molecule has 174 valence electrons. The highest BCUT2D eigenvalue weighted by Crippen LogP contribution is 2.26. The van der Waals surface area contributed by atoms with Crippen LogP contribution >= 0.6 is 0 Å². The molecule has 0 bridgehead atoms. The molecule has 0 saturated carbocycles. The van der Waals surface area contributed by atoms with Gasteiger partial charge in [-0.1, -0.05) is 60.7 Å². The van der Waals surface area contributed by atoms with Crippen LogP contribution in [0.3, 0.4) is 0 Å². The number of nitrogens with zero attached hydrogens (tertiary/aromatic N) is 1. The maximum absolute atomic E-state index is 13.4. The van der Waals surface area contributed by atoms with Gasteiger partial charge in [-0.25, -0.2) is 4.79 Å². The Hall–Kier alpha value is -3.86. The van der Waals surface area contributed by atoms with Gasteiger partial charge in [0.25, 0.3) is 0 Å². The second-order valence-corrected chi connectivity index (χ2v) is 9.19. The van der Waals surface area contributed by atoms with E-state index in [1.54, 1.807) is 7.11 Å². The van der Waals surface area contributed by atoms with Crippen molar-refractivity contribution in [3.63, 3.8) is 0 Å². The predicted molar refractivity (Wildman–Crippen MR) is 137 cm³/mol. The standard InChI is InChI=1S/C29H30N2O3/c1-29(2,3)34-28(32)26(17-22-19-30-25-18-23(33-4)15-16-24(22)25)31-27(20-11-7-5-8-12-20)21-13-9-6-10-14-21/h5-16,18-19,26,30H,17H2,1-4H3/t26-/m0/s1. The molecule has 0 aliphatic heterocycles. The summed E-state index contributed by atoms with van der Waals surface area (Å²) in [6.07, 6.45) is 2.34. The zero-order valence-electron chi connectivity index (χ0n) is 20.0. The molecule has 0 spiro atoms. The van der Waals surface area contributed by atoms with Crippen LogP contribution in [0.2, 0.25) is 0 Å². The van der Waals surface area contributed by atoms with Crippen molar-refractivity contribution in [2.75, 3.05) is 7.11 Å². The van der Waals surface area contributed by atoms with Crippen LogP contribution in [0.15, 0.2) is 90.1 Å². The Kier molecular flexibility index (Phi) is 6.82. The number of fused-ring (bicyclic) bond motifs is 1. The summed E-state index contributed by atoms with van der Waals surface area (Å²) >= 11 is 0. The minimum Gasteiger partial charge on any atom is -0.497 e. The molecule has 0 fully saturated rings. The Morgan fingerprint density at radius 3 is 2.12 bits per heavy atom. The van der Waals surface area contributed by atoms with Crippen molar-refractivity contribution >= 4 is 22.6 Å². The Bertz CT molecular complexity index is 1240. The number of carbonyl (C=O) groups is 1. The van der Waals surface area contributed by atoms with Gasteiger partial charge in [-0.15, -0.1) is 0 Å². The first-order valence-corrected chi connectivity index (χ1v) is 11.4. The lowest BCUT2D eigenvalue weighted by atomic mass is 10.0. The fourth-order valence-corrected chi connectivity index (χ4v) is 3.88. The molecule has 0 unspecified atom stereocenters. The first-order valence-electron chi connectivity index (χ1n) is 11.4. The second kappa shape index (κ2) is 9.96. The predicted octanol–water partition coefficient (Wildman–Crippen LogP) is 5.97. The van der Waals surface area contributed by atoms with Crippen LogP contribution < -0.4 is 4.74 Å². The Labute approximate surface area is 200 Å². The minimum atomic E-state index is -0.712. The number of ether oxygens (including phenoxy) is 2. The third-order valence-corrected chi connectivity index (χ3v) is 5.45. The van der Waals surface area contributed by atoms with Gasteiger partial charge in [0.05, 0.1) is 12.8 Å². The smallest absolute Gasteiger partial charge is 0.331 e. The number of aromatic amines is 1. The Balaban J connectivity index is 1.79. The monoisotopic (exact) mass is 454 g/mol. The summed E-state index contributed by atoms with van der Waals surface area (Å²) in [6, 6.07) is 25.0. The van der Waals surface area contributed by atoms with Gasteiger partial charge in [0.15, 0.2) is 6.04 Å². The summed E-state index contributed by atoms with van der Waals surface area (Å²) in [5.74, 6) is 0.428. The van der Waals surface area contributed by atoms with Crippen LogP contribution in [0.25, 0.3) is 10.9 Å². The summed E-state index contributed by atoms with van der Waals surface area (Å²) in [5, 5.41) is 1.03. The number of esters is 1. The molecule has 3 aromatic carbocycles. The molecule has 0 aliphatic carbocycles. The van der Waals surface area contributed by atoms with Gasteiger partial charge in [0, 0.05) is 40.7 Å². The molecule has 34 heavy (non-hydrogen) atoms. The number of aromatic nitrogens is 1. The highest BCUT2D eigenvalue weighted by atomic mass is 16.6. The normalized spacial score (nSPS) is 12.2. The van der Waals surface area contributed by atoms with Crippen molar-refractivity contribution in [3.8, 4) is 5.75 Å². The van der Waals surface area contributed by atoms with Gasteiger partial charge < -0.3 is 14.5 Å². The fourth-order valence-electron chi connectivity index (χ4n) is 3.88. The molecule has 4 aromatic rings. The number of benzene rings is 3. The quantitative estimate of drug-likeness (QED) is 0.277. The van der Waals surface area contributed by atoms with Crippen molar-refractivity contribution in [2.24, 2.45) is 4.99 Å². The fraction of sp³-hybridized carbons (Fsp3) is 0.241. The van der Waals surface area contributed by atoms with Gasteiger partial charge in [0.1, 0.15) is 11.4 Å². The topological polar surface area (TPSA) is 63.7 Å². The summed E-state index contributed by atoms with van der Waals surface area (Å²) < 4.78 is 11.1. The van der Waals surface area contributed by atoms with Crippen LogP contribution in [0.4, 0.5) is 0 Å². The molecule has 5 heteroatoms. The third-order valence-electron chi connectivity index (χ3n) is 5.45. The molecule has 0 amide bonds. The van der Waals surface area contributed by atoms with Crippen LogP contribution in [0, 0.1) is 0 Å². The number of rotatable bonds is 7. The number of H-pyrrole nitrogens is 1. The highest BCUT2D eigenvalue weighted by molar-refractivity contribution is 6.13. The maximum atomic E-state index is 13.4. The zero-order valence-corrected chi connectivity index (χ0v) is 20.0. The van der Waals surface area contributed by atoms with E-state index in [0.29, 0.717) is 6.42 Å². The van der Waals surface area contributed by atoms with E-state index in [1.807, 2.05) is 106 Å². The lowest BCUT2D eigenvalue weighted by Crippen LogP contribution is -2.33. The van der Waals surface area contributed by atoms with Crippen molar-refractivity contribution in [2.45, 2.75) is 38.8 Å². The molecule has 1 heterocycles. The van der Waals surface area contributed by atoms with Crippen LogP contribution in [-0.4, -0.2) is 35.4 Å². The van der Waals surface area contributed by atoms with Gasteiger partial charge >= 0.3 is 5.97 Å². The van der Waals surface area contributed by atoms with E-state index < -0.39 is 11.6 Å². The number of hydrogen-bond donors (Lipinski definition) is 1. The van der Waals surface area contributed by atoms with E-state index in [1.165, 1.54) is 0 Å². The molecule has 0 saturated heterocycles. The summed E-state index contributed by atoms with van der Waals surface area (Å²) in [4.78, 5) is 21.7. The van der Waals surface area contributed by atoms with Crippen molar-refractivity contribution in [3.05, 3.63) is 102 Å². The van der Waals surface area contributed by atoms with E-state index in [-0.39, 0.29) is 5.97 Å². The summed E-state index contributed by atoms with van der Waals surface area (Å²) in [5.41, 5.74) is 4.00. The van der Waals surface area contributed by atoms with E-state index in [9.17, 15) is 4.79 Å². The number of methoxy groups -OCH3 is 1. The molecule has 1 N–H and O–H groups in total. The van der Waals surface area contributed by atoms with E-state index >= 15 is 0 Å². The molecular weight excluding hydrogens is 424 g/mol. The van der Waals surface area contributed by atoms with Crippen LogP contribution in [0.5, 0.6) is 5.75 Å². The van der Waals surface area contributed by atoms with Crippen molar-refractivity contribution < 1.29 is 14.3 Å². The number of aliphatic imine (C=N–C) groups is 1. The lowest BCUT2D eigenvalue weighted by Gasteiger charge is -2.23. The molecule has 1 atom stereocenters. The average molecular weight is 455 g/mol. The second-order valence-electron chi connectivity index (χ2n) is 9.19. The highest BCUT2D eigenvalue weighted by Gasteiger charge is 2.27.